The van der Waals surface area contributed by atoms with Gasteiger partial charge in [-0.3, -0.25) is 55.9 Å². The largest absolute Gasteiger partial charge is 0.441 e. The number of anilines is 5. The van der Waals surface area contributed by atoms with Crippen molar-refractivity contribution in [3.8, 4) is 56.5 Å². The van der Waals surface area contributed by atoms with E-state index in [-0.39, 0.29) is 27.8 Å². The highest BCUT2D eigenvalue weighted by atomic mass is 32.1. The van der Waals surface area contributed by atoms with Gasteiger partial charge >= 0.3 is 0 Å². The van der Waals surface area contributed by atoms with Gasteiger partial charge in [-0.15, -0.1) is 11.3 Å². The van der Waals surface area contributed by atoms with Crippen LogP contribution >= 0.6 is 11.3 Å². The van der Waals surface area contributed by atoms with Crippen molar-refractivity contribution in [2.45, 2.75) is 107 Å². The van der Waals surface area contributed by atoms with Gasteiger partial charge in [0.15, 0.2) is 22.9 Å². The van der Waals surface area contributed by atoms with Gasteiger partial charge in [0.1, 0.15) is 50.7 Å². The molecule has 5 fully saturated rings. The summed E-state index contributed by atoms with van der Waals surface area (Å²) in [6, 6.07) is 50.6. The second kappa shape index (κ2) is 39.2. The Kier molecular flexibility index (Phi) is 25.6. The number of oxazole rings is 2. The number of hydrogen-bond acceptors (Lipinski definition) is 30. The van der Waals surface area contributed by atoms with Crippen molar-refractivity contribution >= 4 is 111 Å². The zero-order valence-electron chi connectivity index (χ0n) is 80.9. The summed E-state index contributed by atoms with van der Waals surface area (Å²) in [4.78, 5) is 121. The Labute approximate surface area is 818 Å². The minimum absolute atomic E-state index is 0.0698. The smallest absolute Gasteiger partial charge is 0.258 e. The van der Waals surface area contributed by atoms with Gasteiger partial charge in [0.05, 0.1) is 118 Å². The van der Waals surface area contributed by atoms with Crippen LogP contribution in [0.15, 0.2) is 234 Å². The average Bonchev–Trinajstić information content (AvgIpc) is 1.65. The van der Waals surface area contributed by atoms with E-state index in [2.05, 4.69) is 125 Å². The first-order chi connectivity index (χ1) is 68.7. The molecule has 0 radical (unpaired) electrons. The monoisotopic (exact) mass is 1920 g/mol. The molecule has 22 heterocycles. The molecule has 5 aliphatic heterocycles. The number of pyridine rings is 5. The lowest BCUT2D eigenvalue weighted by Gasteiger charge is -2.37. The Bertz CT molecular complexity index is 8370. The van der Waals surface area contributed by atoms with E-state index in [1.54, 1.807) is 72.7 Å². The second-order valence-electron chi connectivity index (χ2n) is 37.2. The van der Waals surface area contributed by atoms with Crippen molar-refractivity contribution in [1.82, 2.24) is 118 Å². The van der Waals surface area contributed by atoms with Crippen LogP contribution in [-0.4, -0.2) is 220 Å². The molecule has 0 spiro atoms. The van der Waals surface area contributed by atoms with E-state index in [4.69, 9.17) is 28.8 Å². The Morgan fingerprint density at radius 3 is 1.10 bits per heavy atom. The summed E-state index contributed by atoms with van der Waals surface area (Å²) in [5.74, 6) is 1.24. The van der Waals surface area contributed by atoms with Crippen LogP contribution < -0.4 is 78.9 Å². The maximum atomic E-state index is 12.9. The summed E-state index contributed by atoms with van der Waals surface area (Å²) in [6.07, 6.45) is 14.3. The third kappa shape index (κ3) is 19.8. The number of aromatic nitrogens is 19. The molecule has 3 aromatic carbocycles. The van der Waals surface area contributed by atoms with E-state index in [9.17, 15) is 24.0 Å². The minimum Gasteiger partial charge on any atom is -0.441 e. The van der Waals surface area contributed by atoms with Crippen LogP contribution in [0.25, 0.3) is 128 Å². The number of aryl methyl sites for hydroxylation is 7. The third-order valence-corrected chi connectivity index (χ3v) is 27.2. The second-order valence-corrected chi connectivity index (χ2v) is 38.4. The molecule has 4 atom stereocenters. The lowest BCUT2D eigenvalue weighted by molar-refractivity contribution is 0.407. The molecule has 25 rings (SSSR count). The highest BCUT2D eigenvalue weighted by Gasteiger charge is 2.26. The maximum Gasteiger partial charge on any atom is 0.258 e. The van der Waals surface area contributed by atoms with Crippen molar-refractivity contribution in [2.75, 3.05) is 129 Å². The molecule has 0 amide bonds. The van der Waals surface area contributed by atoms with Crippen molar-refractivity contribution in [3.63, 3.8) is 0 Å². The fourth-order valence-corrected chi connectivity index (χ4v) is 20.2. The molecule has 5 N–H and O–H groups in total. The Balaban J connectivity index is 0.000000105. The Morgan fingerprint density at radius 2 is 0.676 bits per heavy atom. The Hall–Kier alpha value is -15.7. The van der Waals surface area contributed by atoms with Gasteiger partial charge in [-0.05, 0) is 184 Å². The predicted molar refractivity (Wildman–Crippen MR) is 557 cm³/mol. The molecule has 5 aliphatic rings. The first-order valence-corrected chi connectivity index (χ1v) is 49.0. The molecule has 36 nitrogen and oxygen atoms in total. The molecule has 0 bridgehead atoms. The van der Waals surface area contributed by atoms with E-state index in [1.165, 1.54) is 0 Å². The number of benzene rings is 3. The van der Waals surface area contributed by atoms with E-state index >= 15 is 0 Å². The first kappa shape index (κ1) is 92.7. The highest BCUT2D eigenvalue weighted by Crippen LogP contribution is 2.33. The summed E-state index contributed by atoms with van der Waals surface area (Å²) < 4.78 is 24.0. The van der Waals surface area contributed by atoms with Crippen molar-refractivity contribution in [3.05, 3.63) is 292 Å². The van der Waals surface area contributed by atoms with Gasteiger partial charge in [0.25, 0.3) is 27.8 Å². The van der Waals surface area contributed by atoms with Crippen molar-refractivity contribution in [1.29, 1.82) is 0 Å². The van der Waals surface area contributed by atoms with Gasteiger partial charge in [-0.1, -0.05) is 18.2 Å². The molecule has 0 aliphatic carbocycles. The summed E-state index contributed by atoms with van der Waals surface area (Å²) in [7, 11) is 0. The normalized spacial score (nSPS) is 17.0. The third-order valence-electron chi connectivity index (χ3n) is 26.2. The maximum absolute atomic E-state index is 12.9. The molecule has 0 unspecified atom stereocenters. The number of fused-ring (bicyclic) bond motifs is 10. The van der Waals surface area contributed by atoms with Gasteiger partial charge in [-0.25, -0.2) is 48.9 Å². The van der Waals surface area contributed by atoms with E-state index in [1.807, 2.05) is 213 Å². The molecule has 17 aromatic heterocycles. The molecule has 0 saturated carbocycles. The van der Waals surface area contributed by atoms with Crippen LogP contribution in [0.2, 0.25) is 0 Å². The molecule has 20 aromatic rings. The molecular formula is C105H109N29O7S. The molecule has 722 valence electrons. The molecule has 37 heteroatoms. The van der Waals surface area contributed by atoms with Crippen molar-refractivity contribution < 1.29 is 8.83 Å². The molecule has 5 saturated heterocycles. The highest BCUT2D eigenvalue weighted by molar-refractivity contribution is 7.18. The van der Waals surface area contributed by atoms with Gasteiger partial charge < -0.3 is 59.9 Å². The van der Waals surface area contributed by atoms with Gasteiger partial charge in [0.2, 0.25) is 0 Å². The zero-order chi connectivity index (χ0) is 97.8. The van der Waals surface area contributed by atoms with Crippen LogP contribution in [-0.2, 0) is 0 Å². The number of nitrogens with one attached hydrogen (secondary N) is 5. The van der Waals surface area contributed by atoms with Crippen LogP contribution in [0.1, 0.15) is 73.7 Å². The summed E-state index contributed by atoms with van der Waals surface area (Å²) in [6.45, 7) is 37.2. The van der Waals surface area contributed by atoms with Crippen LogP contribution in [0.4, 0.5) is 28.4 Å². The minimum atomic E-state index is -0.115. The standard InChI is InChI=1S/C22H25N7O.C21H23N7O.C21H21N5O2.C21H21N5OS.C20H19N5O2/c1-13-9-27(10-14(2)23-13)17-5-6-21-25-18(8-22(30)28(21)12-17)19-7-20-16(4)24-15(3)11-29(20)26-19;1-14-12-28-19(15(2)23-14)10-18(25-28)17-11-21(29)27-13-16(4-5-20(27)24-17)26-8-3-6-22-7-9-26;1-13-11-25(8-7-22-13)16-4-6-20-24-18(10-21(27)26(20)12-16)15-3-5-17-19(9-15)28-14(2)23-17;1-13-11-25(8-7-22-13)16-4-6-20-24-17(10-21(27)26(20)12-16)15-3-5-19-18(9-15)23-14(2)28-19;1-13-22-16-4-2-14(10-18(16)27-13)17-11-20(26)25-12-15(3-5-19(25)23-17)24-8-6-21-7-9-24/h5-8,11-14,23H,9-10H2,1-4H3;4-5,10-13,22H,3,6-9H2,1-2H3;2*3-6,9-10,12-13,22H,7-8,11H2,1-2H3;2-5,10-12,21H,6-9H2,1H3/t13-,14+;;2*13-;/m..00./s1. The van der Waals surface area contributed by atoms with Gasteiger partial charge in [0, 0.05) is 214 Å². The van der Waals surface area contributed by atoms with E-state index in [0.29, 0.717) is 115 Å². The fourth-order valence-electron chi connectivity index (χ4n) is 19.4. The number of piperazine rings is 4. The summed E-state index contributed by atoms with van der Waals surface area (Å²) in [5, 5.41) is 27.4. The van der Waals surface area contributed by atoms with E-state index < -0.39 is 0 Å². The van der Waals surface area contributed by atoms with Crippen molar-refractivity contribution in [2.24, 2.45) is 0 Å². The lowest BCUT2D eigenvalue weighted by Crippen LogP contribution is -2.54. The number of nitrogens with zero attached hydrogens (tertiary/aromatic N) is 24. The number of rotatable bonds is 10. The van der Waals surface area contributed by atoms with Gasteiger partial charge in [-0.2, -0.15) is 10.2 Å². The average molecular weight is 1920 g/mol. The SMILES string of the molecule is Cc1cn2nc(-c3cc(=O)n4cc(N5CCCNCC5)ccc4n3)cc2c(C)n1.Cc1cn2nc(-c3cc(=O)n4cc(N5C[C@@H](C)N[C@@H](C)C5)ccc4n3)cc2c(C)n1.Cc1nc2cc(-c3cc(=O)n4cc(N5CCN[C@@H](C)C5)ccc4n3)ccc2s1.Cc1nc2ccc(-c3cc(=O)n4cc(N5CCNCC5)ccc4n3)cc2o1.Cc1nc2ccc(-c3cc(=O)n4cc(N5CCN[C@@H](C)C5)ccc4n3)cc2o1. The van der Waals surface area contributed by atoms with Crippen LogP contribution in [0.3, 0.4) is 0 Å². The van der Waals surface area contributed by atoms with Crippen LogP contribution in [0.5, 0.6) is 0 Å². The topological polar surface area (TPSA) is 374 Å². The van der Waals surface area contributed by atoms with E-state index in [0.717, 1.165) is 216 Å². The molecular weight excluding hydrogens is 1810 g/mol. The van der Waals surface area contributed by atoms with Crippen LogP contribution in [0, 0.1) is 48.5 Å². The number of hydrogen-bond donors (Lipinski definition) is 5. The molecule has 142 heavy (non-hydrogen) atoms. The summed E-state index contributed by atoms with van der Waals surface area (Å²) in [5.41, 5.74) is 24.2. The lowest BCUT2D eigenvalue weighted by atomic mass is 10.1. The quantitative estimate of drug-likeness (QED) is 0.0849. The fraction of sp³-hybridized carbons (Fsp3) is 0.305. The Morgan fingerprint density at radius 1 is 0.317 bits per heavy atom. The predicted octanol–water partition coefficient (Wildman–Crippen LogP) is 11.9. The summed E-state index contributed by atoms with van der Waals surface area (Å²) >= 11 is 1.67. The zero-order valence-corrected chi connectivity index (χ0v) is 81.7. The number of thiazole rings is 1. The first-order valence-electron chi connectivity index (χ1n) is 48.1.